The van der Waals surface area contributed by atoms with E-state index in [1.165, 1.54) is 6.07 Å². The summed E-state index contributed by atoms with van der Waals surface area (Å²) in [7, 11) is 0. The van der Waals surface area contributed by atoms with Crippen LogP contribution in [0.1, 0.15) is 38.4 Å². The van der Waals surface area contributed by atoms with Crippen LogP contribution in [0.2, 0.25) is 0 Å². The van der Waals surface area contributed by atoms with Gasteiger partial charge in [-0.1, -0.05) is 6.92 Å². The van der Waals surface area contributed by atoms with Crippen LogP contribution in [0.3, 0.4) is 0 Å². The van der Waals surface area contributed by atoms with Crippen molar-refractivity contribution in [3.63, 3.8) is 0 Å². The fourth-order valence-corrected chi connectivity index (χ4v) is 2.44. The summed E-state index contributed by atoms with van der Waals surface area (Å²) in [6.07, 6.45) is 3.63. The second-order valence-corrected chi connectivity index (χ2v) is 4.96. The van der Waals surface area contributed by atoms with Crippen molar-refractivity contribution in [1.82, 2.24) is 9.97 Å². The van der Waals surface area contributed by atoms with Gasteiger partial charge in [0.25, 0.3) is 5.56 Å². The highest BCUT2D eigenvalue weighted by molar-refractivity contribution is 5.70. The zero-order chi connectivity index (χ0) is 13.8. The Kier molecular flexibility index (Phi) is 4.19. The second kappa shape index (κ2) is 5.86. The number of H-pyrrole nitrogens is 1. The minimum absolute atomic E-state index is 0.159. The number of nitrogens with zero attached hydrogens (tertiary/aromatic N) is 1. The number of nitrogens with one attached hydrogen (secondary N) is 2. The number of carboxylic acids is 1. The van der Waals surface area contributed by atoms with Gasteiger partial charge in [-0.2, -0.15) is 0 Å². The second-order valence-electron chi connectivity index (χ2n) is 4.96. The van der Waals surface area contributed by atoms with Crippen molar-refractivity contribution >= 4 is 11.8 Å². The lowest BCUT2D eigenvalue weighted by atomic mass is 9.86. The van der Waals surface area contributed by atoms with Gasteiger partial charge in [0.1, 0.15) is 11.6 Å². The third-order valence-corrected chi connectivity index (χ3v) is 3.55. The van der Waals surface area contributed by atoms with Gasteiger partial charge in [0.15, 0.2) is 0 Å². The molecule has 0 saturated heterocycles. The van der Waals surface area contributed by atoms with Crippen LogP contribution in [0.15, 0.2) is 10.9 Å². The summed E-state index contributed by atoms with van der Waals surface area (Å²) in [5.74, 6) is 0.311. The number of hydrogen-bond acceptors (Lipinski definition) is 4. The number of hydrogen-bond donors (Lipinski definition) is 3. The lowest BCUT2D eigenvalue weighted by Crippen LogP contribution is -2.30. The van der Waals surface area contributed by atoms with Gasteiger partial charge in [0.2, 0.25) is 0 Å². The molecule has 0 aliphatic heterocycles. The summed E-state index contributed by atoms with van der Waals surface area (Å²) in [5.41, 5.74) is -0.159. The summed E-state index contributed by atoms with van der Waals surface area (Å²) < 4.78 is 0. The standard InChI is InChI=1S/C13H19N3O3/c1-2-10-15-11(7-12(17)16-10)14-9-5-3-8(4-6-9)13(18)19/h7-9H,2-6H2,1H3,(H,18,19)(H2,14,15,16,17). The van der Waals surface area contributed by atoms with Crippen molar-refractivity contribution in [1.29, 1.82) is 0 Å². The lowest BCUT2D eigenvalue weighted by Gasteiger charge is -2.27. The maximum absolute atomic E-state index is 11.4. The van der Waals surface area contributed by atoms with E-state index in [0.29, 0.717) is 30.9 Å². The van der Waals surface area contributed by atoms with Crippen molar-refractivity contribution in [2.45, 2.75) is 45.1 Å². The van der Waals surface area contributed by atoms with Crippen LogP contribution in [-0.2, 0) is 11.2 Å². The summed E-state index contributed by atoms with van der Waals surface area (Å²) in [5, 5.41) is 12.2. The highest BCUT2D eigenvalue weighted by Gasteiger charge is 2.25. The largest absolute Gasteiger partial charge is 0.481 e. The molecule has 6 heteroatoms. The van der Waals surface area contributed by atoms with Gasteiger partial charge in [-0.25, -0.2) is 4.98 Å². The van der Waals surface area contributed by atoms with Crippen LogP contribution in [-0.4, -0.2) is 27.1 Å². The SMILES string of the molecule is CCc1nc(NC2CCC(C(=O)O)CC2)cc(=O)[nH]1. The first-order chi connectivity index (χ1) is 9.08. The normalized spacial score (nSPS) is 23.0. The van der Waals surface area contributed by atoms with Crippen LogP contribution >= 0.6 is 0 Å². The van der Waals surface area contributed by atoms with Crippen molar-refractivity contribution < 1.29 is 9.90 Å². The molecule has 0 unspecified atom stereocenters. The average Bonchev–Trinajstić information content (AvgIpc) is 2.38. The Hall–Kier alpha value is -1.85. The van der Waals surface area contributed by atoms with Crippen molar-refractivity contribution in [3.8, 4) is 0 Å². The molecule has 1 saturated carbocycles. The molecule has 1 fully saturated rings. The van der Waals surface area contributed by atoms with Crippen LogP contribution < -0.4 is 10.9 Å². The topological polar surface area (TPSA) is 95.1 Å². The summed E-state index contributed by atoms with van der Waals surface area (Å²) >= 11 is 0. The quantitative estimate of drug-likeness (QED) is 0.764. The third-order valence-electron chi connectivity index (χ3n) is 3.55. The Bertz CT molecular complexity index is 504. The zero-order valence-corrected chi connectivity index (χ0v) is 11.0. The van der Waals surface area contributed by atoms with Crippen LogP contribution in [0.25, 0.3) is 0 Å². The van der Waals surface area contributed by atoms with E-state index in [-0.39, 0.29) is 17.5 Å². The molecule has 19 heavy (non-hydrogen) atoms. The monoisotopic (exact) mass is 265 g/mol. The number of aromatic amines is 1. The summed E-state index contributed by atoms with van der Waals surface area (Å²) in [4.78, 5) is 29.3. The molecular weight excluding hydrogens is 246 g/mol. The van der Waals surface area contributed by atoms with Crippen molar-refractivity contribution in [2.75, 3.05) is 5.32 Å². The molecule has 1 aromatic rings. The molecule has 0 spiro atoms. The van der Waals surface area contributed by atoms with Crippen LogP contribution in [0, 0.1) is 5.92 Å². The molecule has 1 aliphatic carbocycles. The molecule has 3 N–H and O–H groups in total. The number of aryl methyl sites for hydroxylation is 1. The first-order valence-electron chi connectivity index (χ1n) is 6.68. The van der Waals surface area contributed by atoms with Crippen LogP contribution in [0.4, 0.5) is 5.82 Å². The van der Waals surface area contributed by atoms with E-state index < -0.39 is 5.97 Å². The maximum Gasteiger partial charge on any atom is 0.306 e. The van der Waals surface area contributed by atoms with Gasteiger partial charge < -0.3 is 15.4 Å². The smallest absolute Gasteiger partial charge is 0.306 e. The molecule has 104 valence electrons. The van der Waals surface area contributed by atoms with E-state index >= 15 is 0 Å². The van der Waals surface area contributed by atoms with Gasteiger partial charge in [0.05, 0.1) is 5.92 Å². The predicted octanol–water partition coefficient (Wildman–Crippen LogP) is 1.39. The van der Waals surface area contributed by atoms with Gasteiger partial charge in [0, 0.05) is 18.5 Å². The Morgan fingerprint density at radius 2 is 2.16 bits per heavy atom. The molecule has 1 heterocycles. The minimum Gasteiger partial charge on any atom is -0.481 e. The van der Waals surface area contributed by atoms with E-state index in [1.807, 2.05) is 6.92 Å². The molecule has 0 bridgehead atoms. The molecule has 0 radical (unpaired) electrons. The van der Waals surface area contributed by atoms with E-state index in [4.69, 9.17) is 5.11 Å². The number of carboxylic acid groups (broad SMARTS) is 1. The molecule has 1 aliphatic rings. The maximum atomic E-state index is 11.4. The Labute approximate surface area is 111 Å². The van der Waals surface area contributed by atoms with Crippen molar-refractivity contribution in [2.24, 2.45) is 5.92 Å². The molecule has 0 aromatic carbocycles. The van der Waals surface area contributed by atoms with Crippen LogP contribution in [0.5, 0.6) is 0 Å². The summed E-state index contributed by atoms with van der Waals surface area (Å²) in [6, 6.07) is 1.65. The Morgan fingerprint density at radius 3 is 2.74 bits per heavy atom. The molecule has 2 rings (SSSR count). The predicted molar refractivity (Wildman–Crippen MR) is 71.2 cm³/mol. The Balaban J connectivity index is 1.97. The Morgan fingerprint density at radius 1 is 1.47 bits per heavy atom. The summed E-state index contributed by atoms with van der Waals surface area (Å²) in [6.45, 7) is 1.93. The van der Waals surface area contributed by atoms with E-state index in [2.05, 4.69) is 15.3 Å². The first kappa shape index (κ1) is 13.6. The number of carbonyl (C=O) groups is 1. The fourth-order valence-electron chi connectivity index (χ4n) is 2.44. The number of aromatic nitrogens is 2. The molecule has 0 amide bonds. The number of anilines is 1. The van der Waals surface area contributed by atoms with Gasteiger partial charge in [-0.15, -0.1) is 0 Å². The number of aliphatic carboxylic acids is 1. The third kappa shape index (κ3) is 3.56. The minimum atomic E-state index is -0.707. The molecule has 0 atom stereocenters. The number of rotatable bonds is 4. The fraction of sp³-hybridized carbons (Fsp3) is 0.615. The first-order valence-corrected chi connectivity index (χ1v) is 6.68. The average molecular weight is 265 g/mol. The highest BCUT2D eigenvalue weighted by Crippen LogP contribution is 2.26. The van der Waals surface area contributed by atoms with E-state index in [1.54, 1.807) is 0 Å². The highest BCUT2D eigenvalue weighted by atomic mass is 16.4. The zero-order valence-electron chi connectivity index (χ0n) is 11.0. The lowest BCUT2D eigenvalue weighted by molar-refractivity contribution is -0.142. The van der Waals surface area contributed by atoms with E-state index in [0.717, 1.165) is 12.8 Å². The molecule has 1 aromatic heterocycles. The molecular formula is C13H19N3O3. The molecule has 6 nitrogen and oxygen atoms in total. The van der Waals surface area contributed by atoms with Crippen molar-refractivity contribution in [3.05, 3.63) is 22.2 Å². The van der Waals surface area contributed by atoms with E-state index in [9.17, 15) is 9.59 Å². The van der Waals surface area contributed by atoms with Gasteiger partial charge in [-0.3, -0.25) is 9.59 Å². The van der Waals surface area contributed by atoms with Gasteiger partial charge >= 0.3 is 5.97 Å². The van der Waals surface area contributed by atoms with Gasteiger partial charge in [-0.05, 0) is 25.7 Å².